The van der Waals surface area contributed by atoms with Crippen LogP contribution in [0, 0.1) is 5.41 Å². The SMILES string of the molecule is CC1(C)c2cccc(-c3ccc(-c4ccc(/C(=C/C(=N)c5ccc6ccccc6c5)N=Cc5ccccc5)c5ccccc45)cc3)c2-c2c1ccc1ccccc21. The maximum Gasteiger partial charge on any atom is 0.0729 e. The lowest BCUT2D eigenvalue weighted by Gasteiger charge is -2.21. The van der Waals surface area contributed by atoms with Crippen molar-refractivity contribution in [1.82, 2.24) is 0 Å². The molecule has 0 amide bonds. The second-order valence-corrected chi connectivity index (χ2v) is 15.5. The fourth-order valence-corrected chi connectivity index (χ4v) is 8.84. The molecule has 0 spiro atoms. The van der Waals surface area contributed by atoms with Crippen LogP contribution in [0.4, 0.5) is 0 Å². The summed E-state index contributed by atoms with van der Waals surface area (Å²) in [6.07, 6.45) is 3.80. The van der Waals surface area contributed by atoms with Crippen LogP contribution in [0.25, 0.3) is 71.4 Å². The molecule has 9 aromatic carbocycles. The Labute approximate surface area is 333 Å². The second-order valence-electron chi connectivity index (χ2n) is 15.5. The van der Waals surface area contributed by atoms with E-state index in [0.29, 0.717) is 5.71 Å². The molecule has 0 saturated heterocycles. The van der Waals surface area contributed by atoms with Gasteiger partial charge in [0.25, 0.3) is 0 Å². The zero-order valence-electron chi connectivity index (χ0n) is 32.0. The molecule has 10 rings (SSSR count). The number of hydrogen-bond acceptors (Lipinski definition) is 2. The maximum absolute atomic E-state index is 9.24. The van der Waals surface area contributed by atoms with E-state index in [1.807, 2.05) is 60.8 Å². The number of nitrogens with one attached hydrogen (secondary N) is 1. The summed E-state index contributed by atoms with van der Waals surface area (Å²) in [6, 6.07) is 66.8. The first-order chi connectivity index (χ1) is 27.9. The fourth-order valence-electron chi connectivity index (χ4n) is 8.84. The van der Waals surface area contributed by atoms with Gasteiger partial charge >= 0.3 is 0 Å². The van der Waals surface area contributed by atoms with Crippen LogP contribution >= 0.6 is 0 Å². The van der Waals surface area contributed by atoms with E-state index >= 15 is 0 Å². The monoisotopic (exact) mass is 728 g/mol. The second kappa shape index (κ2) is 13.8. The summed E-state index contributed by atoms with van der Waals surface area (Å²) in [6.45, 7) is 4.71. The van der Waals surface area contributed by atoms with Gasteiger partial charge in [-0.3, -0.25) is 4.99 Å². The molecule has 0 radical (unpaired) electrons. The molecule has 0 fully saturated rings. The number of allylic oxidation sites excluding steroid dienone is 1. The predicted molar refractivity (Wildman–Crippen MR) is 243 cm³/mol. The van der Waals surface area contributed by atoms with Crippen molar-refractivity contribution in [2.24, 2.45) is 4.99 Å². The molecule has 1 aliphatic carbocycles. The van der Waals surface area contributed by atoms with E-state index in [4.69, 9.17) is 4.99 Å². The Bertz CT molecular complexity index is 3090. The van der Waals surface area contributed by atoms with Crippen molar-refractivity contribution >= 4 is 49.9 Å². The molecule has 1 aliphatic rings. The van der Waals surface area contributed by atoms with E-state index in [2.05, 4.69) is 153 Å². The third kappa shape index (κ3) is 5.98. The molecule has 57 heavy (non-hydrogen) atoms. The first kappa shape index (κ1) is 34.3. The van der Waals surface area contributed by atoms with Crippen molar-refractivity contribution in [3.05, 3.63) is 222 Å². The van der Waals surface area contributed by atoms with Crippen LogP contribution in [0.1, 0.15) is 41.7 Å². The van der Waals surface area contributed by atoms with Gasteiger partial charge in [-0.2, -0.15) is 0 Å². The lowest BCUT2D eigenvalue weighted by Crippen LogP contribution is -2.14. The normalized spacial score (nSPS) is 13.3. The van der Waals surface area contributed by atoms with Gasteiger partial charge in [-0.15, -0.1) is 0 Å². The molecule has 0 heterocycles. The molecule has 0 bridgehead atoms. The standard InChI is InChI=1S/C55H40N2/c1-55(2)49-22-12-21-45(53(49)54-44-18-9-8-16-38(44)29-32-50(54)55)40-26-24-39(25-27-40)43-30-31-48(47-20-11-10-19-46(43)47)52(57-35-36-13-4-3-5-14-36)34-51(56)42-28-23-37-15-6-7-17-41(37)33-42/h3-35,56H,1-2H3/b52-34-,56-51?,57-35?. The van der Waals surface area contributed by atoms with Gasteiger partial charge in [-0.05, 0) is 94.5 Å². The van der Waals surface area contributed by atoms with Crippen molar-refractivity contribution in [3.8, 4) is 33.4 Å². The zero-order valence-corrected chi connectivity index (χ0v) is 32.0. The summed E-state index contributed by atoms with van der Waals surface area (Å²) in [4.78, 5) is 5.06. The first-order valence-electron chi connectivity index (χ1n) is 19.6. The maximum atomic E-state index is 9.24. The van der Waals surface area contributed by atoms with Gasteiger partial charge in [0.1, 0.15) is 0 Å². The largest absolute Gasteiger partial charge is 0.300 e. The highest BCUT2D eigenvalue weighted by molar-refractivity contribution is 6.14. The Balaban J connectivity index is 1.06. The van der Waals surface area contributed by atoms with Crippen LogP contribution in [0.3, 0.4) is 0 Å². The van der Waals surface area contributed by atoms with E-state index in [-0.39, 0.29) is 5.41 Å². The number of rotatable bonds is 7. The Morgan fingerprint density at radius 1 is 0.491 bits per heavy atom. The number of benzene rings is 9. The highest BCUT2D eigenvalue weighted by atomic mass is 14.7. The lowest BCUT2D eigenvalue weighted by molar-refractivity contribution is 0.661. The van der Waals surface area contributed by atoms with Crippen LogP contribution in [0.5, 0.6) is 0 Å². The quantitative estimate of drug-likeness (QED) is 0.159. The van der Waals surface area contributed by atoms with E-state index < -0.39 is 0 Å². The molecular weight excluding hydrogens is 689 g/mol. The molecule has 0 aromatic heterocycles. The Kier molecular flexibility index (Phi) is 8.34. The Hall–Kier alpha value is -7.16. The number of fused-ring (bicyclic) bond motifs is 7. The highest BCUT2D eigenvalue weighted by Crippen LogP contribution is 2.54. The topological polar surface area (TPSA) is 36.2 Å². The minimum atomic E-state index is -0.0856. The Morgan fingerprint density at radius 2 is 1.12 bits per heavy atom. The van der Waals surface area contributed by atoms with Crippen LogP contribution in [-0.4, -0.2) is 11.9 Å². The van der Waals surface area contributed by atoms with Gasteiger partial charge in [0.15, 0.2) is 0 Å². The van der Waals surface area contributed by atoms with Crippen molar-refractivity contribution < 1.29 is 0 Å². The van der Waals surface area contributed by atoms with Gasteiger partial charge in [0, 0.05) is 22.8 Å². The van der Waals surface area contributed by atoms with E-state index in [9.17, 15) is 5.41 Å². The summed E-state index contributed by atoms with van der Waals surface area (Å²) in [5.41, 5.74) is 14.2. The third-order valence-electron chi connectivity index (χ3n) is 11.8. The first-order valence-corrected chi connectivity index (χ1v) is 19.6. The minimum absolute atomic E-state index is 0.0856. The Morgan fingerprint density at radius 3 is 1.91 bits per heavy atom. The molecule has 0 aliphatic heterocycles. The molecule has 2 heteroatoms. The highest BCUT2D eigenvalue weighted by Gasteiger charge is 2.37. The summed E-state index contributed by atoms with van der Waals surface area (Å²) in [5.74, 6) is 0. The van der Waals surface area contributed by atoms with E-state index in [0.717, 1.165) is 55.1 Å². The summed E-state index contributed by atoms with van der Waals surface area (Å²) in [5, 5.41) is 16.3. The van der Waals surface area contributed by atoms with Crippen molar-refractivity contribution in [1.29, 1.82) is 5.41 Å². The smallest absolute Gasteiger partial charge is 0.0729 e. The lowest BCUT2D eigenvalue weighted by atomic mass is 9.81. The predicted octanol–water partition coefficient (Wildman–Crippen LogP) is 14.3. The van der Waals surface area contributed by atoms with Gasteiger partial charge in [0.2, 0.25) is 0 Å². The van der Waals surface area contributed by atoms with Gasteiger partial charge in [-0.1, -0.05) is 196 Å². The third-order valence-corrected chi connectivity index (χ3v) is 11.8. The average Bonchev–Trinajstić information content (AvgIpc) is 3.51. The van der Waals surface area contributed by atoms with Gasteiger partial charge < -0.3 is 5.41 Å². The zero-order chi connectivity index (χ0) is 38.5. The van der Waals surface area contributed by atoms with Crippen LogP contribution in [0.2, 0.25) is 0 Å². The van der Waals surface area contributed by atoms with E-state index in [1.165, 1.54) is 44.2 Å². The molecule has 2 nitrogen and oxygen atoms in total. The summed E-state index contributed by atoms with van der Waals surface area (Å²) in [7, 11) is 0. The number of aliphatic imine (C=N–C) groups is 1. The number of nitrogens with zero attached hydrogens (tertiary/aromatic N) is 1. The van der Waals surface area contributed by atoms with Crippen molar-refractivity contribution in [2.75, 3.05) is 0 Å². The summed E-state index contributed by atoms with van der Waals surface area (Å²) >= 11 is 0. The molecule has 0 atom stereocenters. The van der Waals surface area contributed by atoms with Crippen molar-refractivity contribution in [3.63, 3.8) is 0 Å². The van der Waals surface area contributed by atoms with E-state index in [1.54, 1.807) is 0 Å². The summed E-state index contributed by atoms with van der Waals surface area (Å²) < 4.78 is 0. The average molecular weight is 729 g/mol. The van der Waals surface area contributed by atoms with Crippen molar-refractivity contribution in [2.45, 2.75) is 19.3 Å². The minimum Gasteiger partial charge on any atom is -0.300 e. The molecule has 0 unspecified atom stereocenters. The van der Waals surface area contributed by atoms with Gasteiger partial charge in [-0.25, -0.2) is 0 Å². The molecule has 1 N–H and O–H groups in total. The molecule has 270 valence electrons. The molecule has 0 saturated carbocycles. The van der Waals surface area contributed by atoms with Crippen LogP contribution in [0.15, 0.2) is 199 Å². The molecular formula is C55H40N2. The molecule has 9 aromatic rings. The van der Waals surface area contributed by atoms with Crippen LogP contribution < -0.4 is 0 Å². The number of hydrogen-bond donors (Lipinski definition) is 1. The van der Waals surface area contributed by atoms with Gasteiger partial charge in [0.05, 0.1) is 11.4 Å². The fraction of sp³-hybridized carbons (Fsp3) is 0.0545. The van der Waals surface area contributed by atoms with Crippen LogP contribution in [-0.2, 0) is 5.41 Å².